The number of rotatable bonds is 9. The highest BCUT2D eigenvalue weighted by atomic mass is 35.5. The van der Waals surface area contributed by atoms with Gasteiger partial charge in [0.1, 0.15) is 5.75 Å². The standard InChI is InChI=1S/C20H28N4O3.ClH/c1-3-13-24(16-11-12-21-14-16)19(25)6-4-5-18-22-20(23-27-18)15-7-9-17(26-2)10-8-15;/h7-10,16,21H,3-6,11-14H2,1-2H3;1H. The minimum Gasteiger partial charge on any atom is -0.497 e. The lowest BCUT2D eigenvalue weighted by Gasteiger charge is -2.28. The Hall–Kier alpha value is -2.12. The third-order valence-corrected chi connectivity index (χ3v) is 4.86. The van der Waals surface area contributed by atoms with Crippen molar-refractivity contribution in [3.05, 3.63) is 30.2 Å². The number of nitrogens with zero attached hydrogens (tertiary/aromatic N) is 3. The maximum absolute atomic E-state index is 12.6. The van der Waals surface area contributed by atoms with Gasteiger partial charge in [-0.3, -0.25) is 4.79 Å². The van der Waals surface area contributed by atoms with Gasteiger partial charge >= 0.3 is 0 Å². The summed E-state index contributed by atoms with van der Waals surface area (Å²) in [4.78, 5) is 19.1. The number of benzene rings is 1. The van der Waals surface area contributed by atoms with Gasteiger partial charge in [0.2, 0.25) is 17.6 Å². The Morgan fingerprint density at radius 1 is 1.36 bits per heavy atom. The van der Waals surface area contributed by atoms with Crippen molar-refractivity contribution in [3.8, 4) is 17.1 Å². The topological polar surface area (TPSA) is 80.5 Å². The molecular weight excluding hydrogens is 380 g/mol. The highest BCUT2D eigenvalue weighted by molar-refractivity contribution is 5.85. The Morgan fingerprint density at radius 3 is 2.79 bits per heavy atom. The molecule has 1 N–H and O–H groups in total. The molecule has 3 rings (SSSR count). The Bertz CT molecular complexity index is 729. The summed E-state index contributed by atoms with van der Waals surface area (Å²) in [5, 5.41) is 7.38. The van der Waals surface area contributed by atoms with Crippen molar-refractivity contribution in [2.45, 2.75) is 45.1 Å². The first-order valence-electron chi connectivity index (χ1n) is 9.68. The second-order valence-electron chi connectivity index (χ2n) is 6.83. The molecule has 2 heterocycles. The summed E-state index contributed by atoms with van der Waals surface area (Å²) < 4.78 is 10.5. The maximum Gasteiger partial charge on any atom is 0.226 e. The molecule has 1 aliphatic heterocycles. The molecule has 28 heavy (non-hydrogen) atoms. The molecule has 1 amide bonds. The highest BCUT2D eigenvalue weighted by Crippen LogP contribution is 2.20. The smallest absolute Gasteiger partial charge is 0.226 e. The van der Waals surface area contributed by atoms with Crippen molar-refractivity contribution in [1.29, 1.82) is 0 Å². The quantitative estimate of drug-likeness (QED) is 0.686. The summed E-state index contributed by atoms with van der Waals surface area (Å²) >= 11 is 0. The summed E-state index contributed by atoms with van der Waals surface area (Å²) in [5.74, 6) is 2.14. The monoisotopic (exact) mass is 408 g/mol. The zero-order chi connectivity index (χ0) is 19.1. The molecular formula is C20H29ClN4O3. The number of carbonyl (C=O) groups excluding carboxylic acids is 1. The van der Waals surface area contributed by atoms with Crippen LogP contribution < -0.4 is 10.1 Å². The molecule has 7 nitrogen and oxygen atoms in total. The molecule has 8 heteroatoms. The van der Waals surface area contributed by atoms with Crippen molar-refractivity contribution in [2.75, 3.05) is 26.7 Å². The van der Waals surface area contributed by atoms with Gasteiger partial charge in [0, 0.05) is 37.5 Å². The number of ether oxygens (including phenoxy) is 1. The summed E-state index contributed by atoms with van der Waals surface area (Å²) in [5.41, 5.74) is 0.879. The summed E-state index contributed by atoms with van der Waals surface area (Å²) in [6.07, 6.45) is 3.86. The fourth-order valence-corrected chi connectivity index (χ4v) is 3.41. The van der Waals surface area contributed by atoms with Gasteiger partial charge in [-0.15, -0.1) is 12.4 Å². The minimum atomic E-state index is 0. The van der Waals surface area contributed by atoms with Crippen LogP contribution in [-0.4, -0.2) is 53.7 Å². The van der Waals surface area contributed by atoms with Crippen LogP contribution in [0.2, 0.25) is 0 Å². The van der Waals surface area contributed by atoms with Gasteiger partial charge in [-0.2, -0.15) is 4.98 Å². The van der Waals surface area contributed by atoms with Crippen LogP contribution in [0.15, 0.2) is 28.8 Å². The molecule has 0 aliphatic carbocycles. The van der Waals surface area contributed by atoms with Crippen molar-refractivity contribution in [3.63, 3.8) is 0 Å². The van der Waals surface area contributed by atoms with E-state index in [0.29, 0.717) is 37.0 Å². The second-order valence-corrected chi connectivity index (χ2v) is 6.83. The number of aromatic nitrogens is 2. The average molecular weight is 409 g/mol. The molecule has 154 valence electrons. The van der Waals surface area contributed by atoms with E-state index in [1.807, 2.05) is 29.2 Å². The van der Waals surface area contributed by atoms with Crippen LogP contribution >= 0.6 is 12.4 Å². The molecule has 1 unspecified atom stereocenters. The van der Waals surface area contributed by atoms with Gasteiger partial charge in [0.05, 0.1) is 7.11 Å². The number of aryl methyl sites for hydroxylation is 1. The number of halogens is 1. The van der Waals surface area contributed by atoms with Crippen molar-refractivity contribution in [1.82, 2.24) is 20.4 Å². The van der Waals surface area contributed by atoms with E-state index >= 15 is 0 Å². The lowest BCUT2D eigenvalue weighted by atomic mass is 10.1. The first-order valence-corrected chi connectivity index (χ1v) is 9.68. The first-order chi connectivity index (χ1) is 13.2. The number of amides is 1. The first kappa shape index (κ1) is 22.2. The third kappa shape index (κ3) is 5.69. The molecule has 0 spiro atoms. The number of carbonyl (C=O) groups is 1. The third-order valence-electron chi connectivity index (χ3n) is 4.86. The molecule has 2 aromatic rings. The van der Waals surface area contributed by atoms with E-state index in [2.05, 4.69) is 22.4 Å². The van der Waals surface area contributed by atoms with E-state index in [-0.39, 0.29) is 18.3 Å². The summed E-state index contributed by atoms with van der Waals surface area (Å²) in [7, 11) is 1.63. The van der Waals surface area contributed by atoms with Gasteiger partial charge in [0.15, 0.2) is 0 Å². The Kier molecular flexibility index (Phi) is 8.73. The zero-order valence-corrected chi connectivity index (χ0v) is 17.3. The normalized spacial score (nSPS) is 15.9. The predicted octanol–water partition coefficient (Wildman–Crippen LogP) is 3.09. The molecule has 1 fully saturated rings. The molecule has 1 atom stereocenters. The molecule has 0 radical (unpaired) electrons. The average Bonchev–Trinajstić information content (AvgIpc) is 3.38. The van der Waals surface area contributed by atoms with E-state index in [4.69, 9.17) is 9.26 Å². The molecule has 1 aliphatic rings. The van der Waals surface area contributed by atoms with Gasteiger partial charge in [-0.05, 0) is 50.1 Å². The largest absolute Gasteiger partial charge is 0.497 e. The van der Waals surface area contributed by atoms with Crippen LogP contribution in [-0.2, 0) is 11.2 Å². The van der Waals surface area contributed by atoms with E-state index in [1.54, 1.807) is 7.11 Å². The number of methoxy groups -OCH3 is 1. The Balaban J connectivity index is 0.00000280. The fourth-order valence-electron chi connectivity index (χ4n) is 3.41. The van der Waals surface area contributed by atoms with Crippen LogP contribution in [0, 0.1) is 0 Å². The van der Waals surface area contributed by atoms with Crippen LogP contribution in [0.1, 0.15) is 38.5 Å². The van der Waals surface area contributed by atoms with E-state index in [9.17, 15) is 4.79 Å². The van der Waals surface area contributed by atoms with Gasteiger partial charge in [0.25, 0.3) is 0 Å². The Labute approximate surface area is 172 Å². The molecule has 0 bridgehead atoms. The lowest BCUT2D eigenvalue weighted by molar-refractivity contribution is -0.133. The van der Waals surface area contributed by atoms with Crippen LogP contribution in [0.4, 0.5) is 0 Å². The molecule has 1 aromatic carbocycles. The van der Waals surface area contributed by atoms with Crippen LogP contribution in [0.5, 0.6) is 5.75 Å². The second kappa shape index (κ2) is 11.0. The highest BCUT2D eigenvalue weighted by Gasteiger charge is 2.25. The number of hydrogen-bond donors (Lipinski definition) is 1. The van der Waals surface area contributed by atoms with Gasteiger partial charge in [-0.1, -0.05) is 12.1 Å². The lowest BCUT2D eigenvalue weighted by Crippen LogP contribution is -2.42. The van der Waals surface area contributed by atoms with Crippen molar-refractivity contribution >= 4 is 18.3 Å². The molecule has 0 saturated carbocycles. The molecule has 1 aromatic heterocycles. The van der Waals surface area contributed by atoms with Crippen molar-refractivity contribution < 1.29 is 14.1 Å². The predicted molar refractivity (Wildman–Crippen MR) is 110 cm³/mol. The SMILES string of the molecule is CCCN(C(=O)CCCc1nc(-c2ccc(OC)cc2)no1)C1CCNC1.Cl. The van der Waals surface area contributed by atoms with Crippen LogP contribution in [0.3, 0.4) is 0 Å². The summed E-state index contributed by atoms with van der Waals surface area (Å²) in [6, 6.07) is 7.86. The van der Waals surface area contributed by atoms with E-state index in [0.717, 1.165) is 43.8 Å². The number of hydrogen-bond acceptors (Lipinski definition) is 6. The number of nitrogens with one attached hydrogen (secondary N) is 1. The Morgan fingerprint density at radius 2 is 2.14 bits per heavy atom. The van der Waals surface area contributed by atoms with Gasteiger partial charge < -0.3 is 19.5 Å². The fraction of sp³-hybridized carbons (Fsp3) is 0.550. The minimum absolute atomic E-state index is 0. The zero-order valence-electron chi connectivity index (χ0n) is 16.5. The molecule has 1 saturated heterocycles. The van der Waals surface area contributed by atoms with Crippen LogP contribution in [0.25, 0.3) is 11.4 Å². The maximum atomic E-state index is 12.6. The van der Waals surface area contributed by atoms with Crippen molar-refractivity contribution in [2.24, 2.45) is 0 Å². The van der Waals surface area contributed by atoms with E-state index in [1.165, 1.54) is 0 Å². The van der Waals surface area contributed by atoms with Gasteiger partial charge in [-0.25, -0.2) is 0 Å². The summed E-state index contributed by atoms with van der Waals surface area (Å²) in [6.45, 7) is 4.84. The van der Waals surface area contributed by atoms with E-state index < -0.39 is 0 Å².